The summed E-state index contributed by atoms with van der Waals surface area (Å²) in [5.41, 5.74) is 5.97. The lowest BCUT2D eigenvalue weighted by Crippen LogP contribution is -2.52. The predicted octanol–water partition coefficient (Wildman–Crippen LogP) is 5.03. The summed E-state index contributed by atoms with van der Waals surface area (Å²) in [6, 6.07) is 7.89. The zero-order valence-electron chi connectivity index (χ0n) is 19.7. The Morgan fingerprint density at radius 1 is 0.935 bits per heavy atom. The Labute approximate surface area is 192 Å². The maximum Gasteiger partial charge on any atom is 0.185 e. The Morgan fingerprint density at radius 3 is 2.32 bits per heavy atom. The fourth-order valence-electron chi connectivity index (χ4n) is 5.74. The van der Waals surface area contributed by atoms with E-state index in [0.29, 0.717) is 0 Å². The van der Waals surface area contributed by atoms with Gasteiger partial charge in [-0.25, -0.2) is 4.98 Å². The molecule has 0 atom stereocenters. The minimum Gasteiger partial charge on any atom is -0.346 e. The van der Waals surface area contributed by atoms with E-state index in [1.54, 1.807) is 0 Å². The summed E-state index contributed by atoms with van der Waals surface area (Å²) in [4.78, 5) is 10.3. The summed E-state index contributed by atoms with van der Waals surface area (Å²) >= 11 is 1.81. The normalized spacial score (nSPS) is 24.2. The lowest BCUT2D eigenvalue weighted by molar-refractivity contribution is 0.153. The van der Waals surface area contributed by atoms with E-state index < -0.39 is 0 Å². The molecule has 2 saturated heterocycles. The molecular weight excluding hydrogens is 400 g/mol. The molecule has 0 amide bonds. The average Bonchev–Trinajstić information content (AvgIpc) is 3.28. The van der Waals surface area contributed by atoms with Gasteiger partial charge in [-0.15, -0.1) is 11.3 Å². The third-order valence-corrected chi connectivity index (χ3v) is 8.95. The maximum absolute atomic E-state index is 5.09. The van der Waals surface area contributed by atoms with E-state index >= 15 is 0 Å². The van der Waals surface area contributed by atoms with Crippen molar-refractivity contribution in [3.05, 3.63) is 34.7 Å². The zero-order chi connectivity index (χ0) is 21.6. The van der Waals surface area contributed by atoms with E-state index in [1.807, 2.05) is 11.3 Å². The largest absolute Gasteiger partial charge is 0.346 e. The van der Waals surface area contributed by atoms with Crippen molar-refractivity contribution in [3.63, 3.8) is 0 Å². The quantitative estimate of drug-likeness (QED) is 0.728. The molecular formula is C26H38N4S. The highest BCUT2D eigenvalue weighted by atomic mass is 32.1. The molecule has 5 rings (SSSR count). The molecule has 3 heterocycles. The molecule has 0 spiro atoms. The summed E-state index contributed by atoms with van der Waals surface area (Å²) in [5, 5.41) is 6.94. The molecule has 0 bridgehead atoms. The van der Waals surface area contributed by atoms with Gasteiger partial charge in [-0.2, -0.15) is 0 Å². The number of nitrogens with zero attached hydrogens (tertiary/aromatic N) is 3. The Balaban J connectivity index is 1.31. The van der Waals surface area contributed by atoms with E-state index in [9.17, 15) is 0 Å². The Hall–Kier alpha value is -1.43. The molecule has 0 unspecified atom stereocenters. The molecule has 2 fully saturated rings. The summed E-state index contributed by atoms with van der Waals surface area (Å²) in [6.07, 6.45) is 5.11. The van der Waals surface area contributed by atoms with Gasteiger partial charge >= 0.3 is 0 Å². The van der Waals surface area contributed by atoms with Crippen molar-refractivity contribution in [1.82, 2.24) is 15.2 Å². The van der Waals surface area contributed by atoms with Crippen LogP contribution in [0.25, 0.3) is 11.3 Å². The highest BCUT2D eigenvalue weighted by Crippen LogP contribution is 2.46. The fourth-order valence-corrected chi connectivity index (χ4v) is 6.63. The molecule has 3 aliphatic rings. The lowest BCUT2D eigenvalue weighted by atomic mass is 9.63. The van der Waals surface area contributed by atoms with Gasteiger partial charge in [-0.05, 0) is 66.8 Å². The van der Waals surface area contributed by atoms with Crippen LogP contribution in [0.2, 0.25) is 0 Å². The molecule has 1 aliphatic carbocycles. The van der Waals surface area contributed by atoms with Crippen molar-refractivity contribution in [2.24, 2.45) is 0 Å². The number of piperazine rings is 1. The van der Waals surface area contributed by atoms with Crippen LogP contribution >= 0.6 is 11.3 Å². The number of thiazole rings is 1. The van der Waals surface area contributed by atoms with E-state index in [1.165, 1.54) is 73.7 Å². The molecule has 1 aromatic carbocycles. The van der Waals surface area contributed by atoms with Crippen LogP contribution in [0, 0.1) is 0 Å². The van der Waals surface area contributed by atoms with Crippen LogP contribution < -0.4 is 10.2 Å². The maximum atomic E-state index is 5.09. The van der Waals surface area contributed by atoms with Crippen molar-refractivity contribution >= 4 is 16.5 Å². The van der Waals surface area contributed by atoms with Gasteiger partial charge in [0.05, 0.1) is 5.69 Å². The second-order valence-corrected chi connectivity index (χ2v) is 11.9. The fraction of sp³-hybridized carbons (Fsp3) is 0.654. The van der Waals surface area contributed by atoms with Crippen molar-refractivity contribution in [1.29, 1.82) is 0 Å². The van der Waals surface area contributed by atoms with Gasteiger partial charge in [0.25, 0.3) is 0 Å². The first-order chi connectivity index (χ1) is 14.8. The summed E-state index contributed by atoms with van der Waals surface area (Å²) < 4.78 is 0. The van der Waals surface area contributed by atoms with Crippen LogP contribution in [0.5, 0.6) is 0 Å². The minimum atomic E-state index is 0.241. The first kappa shape index (κ1) is 21.4. The van der Waals surface area contributed by atoms with Crippen LogP contribution in [-0.4, -0.2) is 55.2 Å². The predicted molar refractivity (Wildman–Crippen MR) is 133 cm³/mol. The molecule has 5 heteroatoms. The van der Waals surface area contributed by atoms with Crippen molar-refractivity contribution in [2.75, 3.05) is 44.2 Å². The number of nitrogens with one attached hydrogen (secondary N) is 1. The van der Waals surface area contributed by atoms with E-state index in [4.69, 9.17) is 4.98 Å². The summed E-state index contributed by atoms with van der Waals surface area (Å²) in [7, 11) is 0. The molecule has 1 N–H and O–H groups in total. The highest BCUT2D eigenvalue weighted by Gasteiger charge is 2.37. The van der Waals surface area contributed by atoms with Crippen LogP contribution in [0.1, 0.15) is 64.5 Å². The van der Waals surface area contributed by atoms with Gasteiger partial charge in [0.15, 0.2) is 5.13 Å². The van der Waals surface area contributed by atoms with Crippen molar-refractivity contribution in [2.45, 2.75) is 70.3 Å². The van der Waals surface area contributed by atoms with Crippen LogP contribution in [0.15, 0.2) is 23.6 Å². The Bertz CT molecular complexity index is 917. The number of benzene rings is 1. The molecule has 31 heavy (non-hydrogen) atoms. The van der Waals surface area contributed by atoms with Gasteiger partial charge in [-0.1, -0.05) is 39.8 Å². The van der Waals surface area contributed by atoms with Gasteiger partial charge in [0, 0.05) is 43.2 Å². The van der Waals surface area contributed by atoms with Gasteiger partial charge < -0.3 is 10.2 Å². The number of aromatic nitrogens is 1. The third kappa shape index (κ3) is 4.17. The molecule has 0 saturated carbocycles. The molecule has 0 radical (unpaired) electrons. The average molecular weight is 439 g/mol. The van der Waals surface area contributed by atoms with Gasteiger partial charge in [0.2, 0.25) is 0 Å². The molecule has 4 nitrogen and oxygen atoms in total. The highest BCUT2D eigenvalue weighted by molar-refractivity contribution is 7.14. The molecule has 2 aromatic rings. The van der Waals surface area contributed by atoms with Crippen molar-refractivity contribution in [3.8, 4) is 11.3 Å². The smallest absolute Gasteiger partial charge is 0.185 e. The van der Waals surface area contributed by atoms with E-state index in [0.717, 1.165) is 24.8 Å². The molecule has 2 aliphatic heterocycles. The first-order valence-corrected chi connectivity index (χ1v) is 13.0. The van der Waals surface area contributed by atoms with Crippen LogP contribution in [-0.2, 0) is 10.8 Å². The van der Waals surface area contributed by atoms with Crippen LogP contribution in [0.3, 0.4) is 0 Å². The third-order valence-electron chi connectivity index (χ3n) is 8.05. The van der Waals surface area contributed by atoms with Crippen LogP contribution in [0.4, 0.5) is 5.13 Å². The topological polar surface area (TPSA) is 31.4 Å². The van der Waals surface area contributed by atoms with E-state index in [2.05, 4.69) is 66.4 Å². The second-order valence-electron chi connectivity index (χ2n) is 11.0. The summed E-state index contributed by atoms with van der Waals surface area (Å²) in [6.45, 7) is 16.5. The second kappa shape index (κ2) is 8.17. The number of fused-ring (bicyclic) bond motifs is 1. The number of piperidine rings is 1. The van der Waals surface area contributed by atoms with Crippen molar-refractivity contribution < 1.29 is 0 Å². The number of anilines is 1. The number of hydrogen-bond acceptors (Lipinski definition) is 5. The lowest BCUT2D eigenvalue weighted by Gasteiger charge is -2.42. The Kier molecular flexibility index (Phi) is 5.64. The minimum absolute atomic E-state index is 0.241. The first-order valence-electron chi connectivity index (χ1n) is 12.1. The Morgan fingerprint density at radius 2 is 1.61 bits per heavy atom. The van der Waals surface area contributed by atoms with E-state index in [-0.39, 0.29) is 10.8 Å². The van der Waals surface area contributed by atoms with Gasteiger partial charge in [0.1, 0.15) is 0 Å². The summed E-state index contributed by atoms with van der Waals surface area (Å²) in [5.74, 6) is 0. The zero-order valence-corrected chi connectivity index (χ0v) is 20.5. The standard InChI is InChI=1S/C26H38N4S/c1-25(2)9-10-26(3,4)22-17-19(5-6-21(22)25)23-18-31-24(28-23)30-15-13-29(14-16-30)20-7-11-27-12-8-20/h5-6,17-18,20,27H,7-16H2,1-4H3. The SMILES string of the molecule is CC1(C)CCC(C)(C)c2cc(-c3csc(N4CCN(C5CCNCC5)CC4)n3)ccc21. The monoisotopic (exact) mass is 438 g/mol. The van der Waals surface area contributed by atoms with Gasteiger partial charge in [-0.3, -0.25) is 4.90 Å². The number of rotatable bonds is 3. The number of hydrogen-bond donors (Lipinski definition) is 1. The molecule has 168 valence electrons. The molecule has 1 aromatic heterocycles.